The highest BCUT2D eigenvalue weighted by Gasteiger charge is 2.32. The van der Waals surface area contributed by atoms with Gasteiger partial charge in [0.05, 0.1) is 19.1 Å². The van der Waals surface area contributed by atoms with E-state index in [-0.39, 0.29) is 18.5 Å². The van der Waals surface area contributed by atoms with E-state index in [1.807, 2.05) is 63.2 Å². The fourth-order valence-electron chi connectivity index (χ4n) is 4.25. The smallest absolute Gasteiger partial charge is 0.244 e. The van der Waals surface area contributed by atoms with Crippen LogP contribution in [0.4, 0.5) is 5.69 Å². The molecule has 0 unspecified atom stereocenters. The maximum Gasteiger partial charge on any atom is 0.244 e. The Morgan fingerprint density at radius 1 is 0.973 bits per heavy atom. The quantitative estimate of drug-likeness (QED) is 0.409. The zero-order valence-electron chi connectivity index (χ0n) is 22.0. The Kier molecular flexibility index (Phi) is 9.15. The van der Waals surface area contributed by atoms with E-state index in [1.54, 1.807) is 31.4 Å². The molecule has 0 aromatic heterocycles. The number of anilines is 1. The minimum Gasteiger partial charge on any atom is -0.497 e. The van der Waals surface area contributed by atoms with Crippen molar-refractivity contribution in [1.82, 2.24) is 10.2 Å². The number of fused-ring (bicyclic) bond motifs is 1. The van der Waals surface area contributed by atoms with E-state index in [1.165, 1.54) is 4.90 Å². The fraction of sp³-hybridized carbons (Fsp3) is 0.357. The number of nitrogens with zero attached hydrogens (tertiary/aromatic N) is 2. The maximum absolute atomic E-state index is 13.8. The number of sulfonamides is 1. The summed E-state index contributed by atoms with van der Waals surface area (Å²) >= 11 is 0. The van der Waals surface area contributed by atoms with Crippen LogP contribution in [0.15, 0.2) is 66.7 Å². The summed E-state index contributed by atoms with van der Waals surface area (Å²) in [6.07, 6.45) is 1.45. The molecule has 0 saturated carbocycles. The van der Waals surface area contributed by atoms with Crippen molar-refractivity contribution >= 4 is 38.3 Å². The highest BCUT2D eigenvalue weighted by molar-refractivity contribution is 7.92. The summed E-state index contributed by atoms with van der Waals surface area (Å²) in [5.41, 5.74) is 1.21. The van der Waals surface area contributed by atoms with Crippen molar-refractivity contribution in [2.24, 2.45) is 0 Å². The average molecular weight is 526 g/mol. The van der Waals surface area contributed by atoms with E-state index in [9.17, 15) is 18.0 Å². The van der Waals surface area contributed by atoms with Gasteiger partial charge >= 0.3 is 0 Å². The molecule has 3 aromatic rings. The Balaban J connectivity index is 2.02. The van der Waals surface area contributed by atoms with Gasteiger partial charge in [0.2, 0.25) is 21.8 Å². The molecule has 0 fully saturated rings. The average Bonchev–Trinajstić information content (AvgIpc) is 2.86. The number of benzene rings is 3. The second-order valence-corrected chi connectivity index (χ2v) is 11.1. The highest BCUT2D eigenvalue weighted by atomic mass is 32.2. The second kappa shape index (κ2) is 12.1. The number of carbonyl (C=O) groups excluding carboxylic acids is 2. The van der Waals surface area contributed by atoms with Crippen LogP contribution in [0.5, 0.6) is 5.75 Å². The number of carbonyl (C=O) groups is 2. The van der Waals surface area contributed by atoms with Gasteiger partial charge in [-0.3, -0.25) is 13.9 Å². The van der Waals surface area contributed by atoms with Crippen molar-refractivity contribution in [2.45, 2.75) is 45.8 Å². The van der Waals surface area contributed by atoms with Gasteiger partial charge in [0, 0.05) is 18.0 Å². The Bertz CT molecular complexity index is 1330. The van der Waals surface area contributed by atoms with Crippen molar-refractivity contribution in [2.75, 3.05) is 24.2 Å². The lowest BCUT2D eigenvalue weighted by molar-refractivity contribution is -0.140. The van der Waals surface area contributed by atoms with E-state index in [0.29, 0.717) is 17.9 Å². The van der Waals surface area contributed by atoms with E-state index in [2.05, 4.69) is 5.32 Å². The molecule has 3 rings (SSSR count). The molecule has 37 heavy (non-hydrogen) atoms. The molecule has 198 valence electrons. The van der Waals surface area contributed by atoms with Gasteiger partial charge in [0.15, 0.2) is 0 Å². The summed E-state index contributed by atoms with van der Waals surface area (Å²) in [4.78, 5) is 28.4. The molecule has 9 heteroatoms. The van der Waals surface area contributed by atoms with Gasteiger partial charge < -0.3 is 15.0 Å². The normalized spacial score (nSPS) is 12.3. The molecule has 0 saturated heterocycles. The van der Waals surface area contributed by atoms with Crippen molar-refractivity contribution in [3.8, 4) is 5.75 Å². The van der Waals surface area contributed by atoms with Crippen molar-refractivity contribution in [1.29, 1.82) is 0 Å². The lowest BCUT2D eigenvalue weighted by atomic mass is 10.1. The molecule has 0 radical (unpaired) electrons. The molecule has 0 spiro atoms. The van der Waals surface area contributed by atoms with Crippen molar-refractivity contribution in [3.63, 3.8) is 0 Å². The molecule has 8 nitrogen and oxygen atoms in total. The van der Waals surface area contributed by atoms with Gasteiger partial charge in [0.1, 0.15) is 18.3 Å². The topological polar surface area (TPSA) is 96.0 Å². The summed E-state index contributed by atoms with van der Waals surface area (Å²) in [6.45, 7) is 5.24. The van der Waals surface area contributed by atoms with Gasteiger partial charge in [0.25, 0.3) is 0 Å². The number of hydrogen-bond donors (Lipinski definition) is 1. The summed E-state index contributed by atoms with van der Waals surface area (Å²) in [7, 11) is -2.25. The zero-order valence-corrected chi connectivity index (χ0v) is 22.8. The molecule has 0 heterocycles. The highest BCUT2D eigenvalue weighted by Crippen LogP contribution is 2.29. The Morgan fingerprint density at radius 2 is 1.62 bits per heavy atom. The third-order valence-electron chi connectivity index (χ3n) is 6.04. The summed E-state index contributed by atoms with van der Waals surface area (Å²) in [5.74, 6) is -0.0826. The molecule has 0 aliphatic rings. The number of methoxy groups -OCH3 is 1. The number of nitrogens with one attached hydrogen (secondary N) is 1. The van der Waals surface area contributed by atoms with E-state index >= 15 is 0 Å². The van der Waals surface area contributed by atoms with Crippen LogP contribution in [0.2, 0.25) is 0 Å². The summed E-state index contributed by atoms with van der Waals surface area (Å²) < 4.78 is 32.2. The van der Waals surface area contributed by atoms with Crippen LogP contribution >= 0.6 is 0 Å². The predicted molar refractivity (Wildman–Crippen MR) is 147 cm³/mol. The first kappa shape index (κ1) is 28.0. The summed E-state index contributed by atoms with van der Waals surface area (Å²) in [5, 5.41) is 4.47. The molecular weight excluding hydrogens is 490 g/mol. The van der Waals surface area contributed by atoms with Crippen LogP contribution in [0.1, 0.15) is 32.8 Å². The largest absolute Gasteiger partial charge is 0.497 e. The van der Waals surface area contributed by atoms with Crippen LogP contribution < -0.4 is 14.4 Å². The number of rotatable bonds is 11. The molecule has 1 N–H and O–H groups in total. The second-order valence-electron chi connectivity index (χ2n) is 9.22. The van der Waals surface area contributed by atoms with Crippen LogP contribution in [0.25, 0.3) is 10.8 Å². The first-order valence-corrected chi connectivity index (χ1v) is 14.1. The van der Waals surface area contributed by atoms with Crippen LogP contribution in [-0.4, -0.2) is 57.1 Å². The van der Waals surface area contributed by atoms with E-state index in [4.69, 9.17) is 4.74 Å². The third-order valence-corrected chi connectivity index (χ3v) is 7.17. The molecule has 0 aliphatic heterocycles. The maximum atomic E-state index is 13.8. The van der Waals surface area contributed by atoms with Crippen molar-refractivity contribution in [3.05, 3.63) is 72.3 Å². The van der Waals surface area contributed by atoms with Gasteiger partial charge in [-0.05, 0) is 49.4 Å². The minimum absolute atomic E-state index is 0.109. The SMILES string of the molecule is CC[C@@H](C(=O)NC(C)C)N(Cc1ccc(OC)cc1)C(=O)CN(c1cccc2ccccc12)S(C)(=O)=O. The zero-order chi connectivity index (χ0) is 27.2. The lowest BCUT2D eigenvalue weighted by Gasteiger charge is -2.33. The number of ether oxygens (including phenoxy) is 1. The first-order chi connectivity index (χ1) is 17.5. The van der Waals surface area contributed by atoms with Gasteiger partial charge in [-0.2, -0.15) is 0 Å². The molecule has 0 bridgehead atoms. The number of hydrogen-bond acceptors (Lipinski definition) is 5. The fourth-order valence-corrected chi connectivity index (χ4v) is 5.11. The van der Waals surface area contributed by atoms with Gasteiger partial charge in [-0.25, -0.2) is 8.42 Å². The standard InChI is InChI=1S/C28H35N3O5S/c1-6-25(28(33)29-20(2)3)30(18-21-14-16-23(36-4)17-15-21)27(32)19-31(37(5,34)35)26-13-9-11-22-10-7-8-12-24(22)26/h7-17,20,25H,6,18-19H2,1-5H3,(H,29,33)/t25-/m0/s1. The monoisotopic (exact) mass is 525 g/mol. The Hall–Kier alpha value is -3.59. The van der Waals surface area contributed by atoms with Crippen molar-refractivity contribution < 1.29 is 22.7 Å². The van der Waals surface area contributed by atoms with Crippen LogP contribution in [0, 0.1) is 0 Å². The molecule has 3 aromatic carbocycles. The molecular formula is C28H35N3O5S. The molecule has 0 aliphatic carbocycles. The number of amides is 2. The van der Waals surface area contributed by atoms with Crippen LogP contribution in [0.3, 0.4) is 0 Å². The van der Waals surface area contributed by atoms with Crippen LogP contribution in [-0.2, 0) is 26.2 Å². The minimum atomic E-state index is -3.82. The Morgan fingerprint density at radius 3 is 2.22 bits per heavy atom. The van der Waals surface area contributed by atoms with Gasteiger partial charge in [-0.1, -0.05) is 55.5 Å². The van der Waals surface area contributed by atoms with E-state index < -0.39 is 28.5 Å². The van der Waals surface area contributed by atoms with E-state index in [0.717, 1.165) is 26.9 Å². The summed E-state index contributed by atoms with van der Waals surface area (Å²) in [6, 6.07) is 19.1. The Labute approximate surface area is 219 Å². The van der Waals surface area contributed by atoms with Gasteiger partial charge in [-0.15, -0.1) is 0 Å². The predicted octanol–water partition coefficient (Wildman–Crippen LogP) is 3.95. The molecule has 1 atom stereocenters. The lowest BCUT2D eigenvalue weighted by Crippen LogP contribution is -2.53. The first-order valence-electron chi connectivity index (χ1n) is 12.2. The third kappa shape index (κ3) is 7.01. The molecule has 2 amide bonds.